The van der Waals surface area contributed by atoms with Gasteiger partial charge in [-0.05, 0) is 38.8 Å². The third-order valence-electron chi connectivity index (χ3n) is 5.27. The molecule has 2 atom stereocenters. The van der Waals surface area contributed by atoms with Gasteiger partial charge in [0.2, 0.25) is 0 Å². The highest BCUT2D eigenvalue weighted by molar-refractivity contribution is 5.98. The number of benzene rings is 1. The molecule has 3 aromatic rings. The molecule has 1 amide bonds. The molecule has 1 fully saturated rings. The minimum atomic E-state index is -0.509. The SMILES string of the molecule is CCOC(=O)c1coc([C@@H]2CC[C@@H](C)N(C(=O)c3ccccc3-n3nccn3)C2)n1. The lowest BCUT2D eigenvalue weighted by atomic mass is 9.92. The predicted octanol–water partition coefficient (Wildman–Crippen LogP) is 2.84. The van der Waals surface area contributed by atoms with Gasteiger partial charge in [0.25, 0.3) is 5.91 Å². The number of piperidine rings is 1. The molecule has 156 valence electrons. The number of hydrogen-bond acceptors (Lipinski definition) is 7. The molecule has 0 aliphatic carbocycles. The number of para-hydroxylation sites is 1. The number of aromatic nitrogens is 4. The van der Waals surface area contributed by atoms with Crippen LogP contribution in [0.4, 0.5) is 0 Å². The van der Waals surface area contributed by atoms with Crippen molar-refractivity contribution in [1.82, 2.24) is 24.9 Å². The topological polar surface area (TPSA) is 103 Å². The maximum Gasteiger partial charge on any atom is 0.360 e. The molecule has 1 aliphatic rings. The van der Waals surface area contributed by atoms with Gasteiger partial charge in [-0.3, -0.25) is 4.79 Å². The van der Waals surface area contributed by atoms with Gasteiger partial charge in [0.05, 0.1) is 36.2 Å². The van der Waals surface area contributed by atoms with Crippen molar-refractivity contribution in [3.05, 3.63) is 60.1 Å². The number of rotatable bonds is 5. The molecule has 0 radical (unpaired) electrons. The number of oxazole rings is 1. The summed E-state index contributed by atoms with van der Waals surface area (Å²) >= 11 is 0. The van der Waals surface area contributed by atoms with E-state index < -0.39 is 5.97 Å². The molecule has 30 heavy (non-hydrogen) atoms. The first-order chi connectivity index (χ1) is 14.6. The van der Waals surface area contributed by atoms with E-state index in [4.69, 9.17) is 9.15 Å². The summed E-state index contributed by atoms with van der Waals surface area (Å²) in [4.78, 5) is 32.9. The second-order valence-corrected chi connectivity index (χ2v) is 7.21. The maximum atomic E-state index is 13.4. The van der Waals surface area contributed by atoms with E-state index in [1.807, 2.05) is 30.0 Å². The normalized spacial score (nSPS) is 18.9. The Morgan fingerprint density at radius 2 is 1.97 bits per heavy atom. The van der Waals surface area contributed by atoms with Crippen LogP contribution < -0.4 is 0 Å². The molecule has 9 nitrogen and oxygen atoms in total. The highest BCUT2D eigenvalue weighted by Gasteiger charge is 2.34. The Balaban J connectivity index is 1.56. The number of hydrogen-bond donors (Lipinski definition) is 0. The minimum absolute atomic E-state index is 0.0619. The summed E-state index contributed by atoms with van der Waals surface area (Å²) in [6, 6.07) is 7.33. The van der Waals surface area contributed by atoms with Crippen LogP contribution in [0, 0.1) is 0 Å². The molecule has 3 heterocycles. The molecular weight excluding hydrogens is 386 g/mol. The van der Waals surface area contributed by atoms with Crippen molar-refractivity contribution in [1.29, 1.82) is 0 Å². The molecule has 0 saturated carbocycles. The molecule has 1 aliphatic heterocycles. The van der Waals surface area contributed by atoms with E-state index in [0.29, 0.717) is 23.7 Å². The molecular formula is C21H23N5O4. The summed E-state index contributed by atoms with van der Waals surface area (Å²) in [5.41, 5.74) is 1.31. The molecule has 4 rings (SSSR count). The summed E-state index contributed by atoms with van der Waals surface area (Å²) in [5.74, 6) is -0.254. The van der Waals surface area contributed by atoms with Gasteiger partial charge >= 0.3 is 5.97 Å². The summed E-state index contributed by atoms with van der Waals surface area (Å²) in [6.07, 6.45) is 6.08. The monoisotopic (exact) mass is 409 g/mol. The predicted molar refractivity (Wildman–Crippen MR) is 106 cm³/mol. The lowest BCUT2D eigenvalue weighted by Crippen LogP contribution is -2.45. The van der Waals surface area contributed by atoms with Crippen molar-refractivity contribution in [2.24, 2.45) is 0 Å². The highest BCUT2D eigenvalue weighted by Crippen LogP contribution is 2.31. The van der Waals surface area contributed by atoms with Crippen molar-refractivity contribution in [3.8, 4) is 5.69 Å². The van der Waals surface area contributed by atoms with E-state index in [-0.39, 0.29) is 30.2 Å². The first kappa shape index (κ1) is 19.8. The Morgan fingerprint density at radius 1 is 1.20 bits per heavy atom. The largest absolute Gasteiger partial charge is 0.461 e. The summed E-state index contributed by atoms with van der Waals surface area (Å²) in [7, 11) is 0. The third kappa shape index (κ3) is 3.83. The van der Waals surface area contributed by atoms with Crippen LogP contribution in [0.1, 0.15) is 59.3 Å². The summed E-state index contributed by atoms with van der Waals surface area (Å²) in [5, 5.41) is 8.31. The van der Waals surface area contributed by atoms with Crippen molar-refractivity contribution in [2.45, 2.75) is 38.6 Å². The zero-order valence-corrected chi connectivity index (χ0v) is 16.9. The summed E-state index contributed by atoms with van der Waals surface area (Å²) in [6.45, 7) is 4.49. The van der Waals surface area contributed by atoms with Crippen molar-refractivity contribution < 1.29 is 18.7 Å². The van der Waals surface area contributed by atoms with Crippen LogP contribution in [-0.2, 0) is 4.74 Å². The zero-order valence-electron chi connectivity index (χ0n) is 16.9. The molecule has 1 saturated heterocycles. The third-order valence-corrected chi connectivity index (χ3v) is 5.27. The fourth-order valence-electron chi connectivity index (χ4n) is 3.69. The van der Waals surface area contributed by atoms with Gasteiger partial charge in [-0.2, -0.15) is 15.0 Å². The van der Waals surface area contributed by atoms with Gasteiger partial charge in [0.1, 0.15) is 6.26 Å². The first-order valence-electron chi connectivity index (χ1n) is 9.97. The van der Waals surface area contributed by atoms with Crippen LogP contribution in [0.3, 0.4) is 0 Å². The Hall–Kier alpha value is -3.49. The van der Waals surface area contributed by atoms with Gasteiger partial charge < -0.3 is 14.1 Å². The van der Waals surface area contributed by atoms with E-state index in [9.17, 15) is 9.59 Å². The molecule has 0 unspecified atom stereocenters. The highest BCUT2D eigenvalue weighted by atomic mass is 16.5. The second-order valence-electron chi connectivity index (χ2n) is 7.21. The van der Waals surface area contributed by atoms with Crippen LogP contribution in [0.25, 0.3) is 5.69 Å². The summed E-state index contributed by atoms with van der Waals surface area (Å²) < 4.78 is 10.5. The van der Waals surface area contributed by atoms with Crippen molar-refractivity contribution in [2.75, 3.05) is 13.2 Å². The first-order valence-corrected chi connectivity index (χ1v) is 9.97. The van der Waals surface area contributed by atoms with E-state index >= 15 is 0 Å². The van der Waals surface area contributed by atoms with Crippen LogP contribution in [0.2, 0.25) is 0 Å². The smallest absolute Gasteiger partial charge is 0.360 e. The zero-order chi connectivity index (χ0) is 21.1. The van der Waals surface area contributed by atoms with E-state index in [2.05, 4.69) is 15.2 Å². The number of carbonyl (C=O) groups is 2. The number of nitrogens with zero attached hydrogens (tertiary/aromatic N) is 5. The molecule has 2 aromatic heterocycles. The van der Waals surface area contributed by atoms with Gasteiger partial charge in [-0.25, -0.2) is 9.78 Å². The quantitative estimate of drug-likeness (QED) is 0.597. The van der Waals surface area contributed by atoms with Crippen LogP contribution >= 0.6 is 0 Å². The number of ether oxygens (including phenoxy) is 1. The van der Waals surface area contributed by atoms with Crippen LogP contribution in [0.5, 0.6) is 0 Å². The molecule has 0 spiro atoms. The maximum absolute atomic E-state index is 13.4. The minimum Gasteiger partial charge on any atom is -0.461 e. The average Bonchev–Trinajstić information content (AvgIpc) is 3.46. The van der Waals surface area contributed by atoms with E-state index in [1.165, 1.54) is 11.1 Å². The van der Waals surface area contributed by atoms with Gasteiger partial charge in [-0.15, -0.1) is 0 Å². The second kappa shape index (κ2) is 8.48. The van der Waals surface area contributed by atoms with Gasteiger partial charge in [0, 0.05) is 12.6 Å². The Bertz CT molecular complexity index is 1030. The Morgan fingerprint density at radius 3 is 2.73 bits per heavy atom. The van der Waals surface area contributed by atoms with Crippen molar-refractivity contribution >= 4 is 11.9 Å². The molecule has 0 N–H and O–H groups in total. The van der Waals surface area contributed by atoms with Gasteiger partial charge in [-0.1, -0.05) is 12.1 Å². The number of esters is 1. The standard InChI is InChI=1S/C21H23N5O4/c1-3-29-21(28)17-13-30-19(24-17)15-9-8-14(2)25(12-15)20(27)16-6-4-5-7-18(16)26-22-10-11-23-26/h4-7,10-11,13-15H,3,8-9,12H2,1-2H3/t14-,15-/m1/s1. The fourth-order valence-corrected chi connectivity index (χ4v) is 3.69. The van der Waals surface area contributed by atoms with E-state index in [1.54, 1.807) is 25.4 Å². The molecule has 1 aromatic carbocycles. The number of carbonyl (C=O) groups excluding carboxylic acids is 2. The van der Waals surface area contributed by atoms with Crippen LogP contribution in [-0.4, -0.2) is 55.9 Å². The molecule has 0 bridgehead atoms. The lowest BCUT2D eigenvalue weighted by Gasteiger charge is -2.37. The van der Waals surface area contributed by atoms with Crippen LogP contribution in [0.15, 0.2) is 47.3 Å². The lowest BCUT2D eigenvalue weighted by molar-refractivity contribution is 0.0517. The average molecular weight is 409 g/mol. The van der Waals surface area contributed by atoms with Gasteiger partial charge in [0.15, 0.2) is 11.6 Å². The number of likely N-dealkylation sites (tertiary alicyclic amines) is 1. The fraction of sp³-hybridized carbons (Fsp3) is 0.381. The van der Waals surface area contributed by atoms with E-state index in [0.717, 1.165) is 12.8 Å². The molecule has 9 heteroatoms. The Labute approximate surface area is 173 Å². The Kier molecular flexibility index (Phi) is 5.60. The van der Waals surface area contributed by atoms with Crippen molar-refractivity contribution in [3.63, 3.8) is 0 Å². The number of amides is 1.